The maximum Gasteiger partial charge on any atom is 0.327 e. The van der Waals surface area contributed by atoms with E-state index in [-0.39, 0.29) is 17.2 Å². The van der Waals surface area contributed by atoms with Gasteiger partial charge in [0.25, 0.3) is 5.56 Å². The van der Waals surface area contributed by atoms with Gasteiger partial charge in [-0.2, -0.15) is 0 Å². The molecule has 0 aliphatic rings. The molecule has 23 heavy (non-hydrogen) atoms. The van der Waals surface area contributed by atoms with Gasteiger partial charge in [-0.3, -0.25) is 19.6 Å². The topological polar surface area (TPSA) is 95.7 Å². The van der Waals surface area contributed by atoms with Gasteiger partial charge in [0, 0.05) is 5.56 Å². The van der Waals surface area contributed by atoms with Crippen molar-refractivity contribution in [3.05, 3.63) is 54.6 Å². The Morgan fingerprint density at radius 3 is 2.74 bits per heavy atom. The van der Waals surface area contributed by atoms with Crippen LogP contribution in [0.3, 0.4) is 0 Å². The largest absolute Gasteiger partial charge is 0.327 e. The van der Waals surface area contributed by atoms with Gasteiger partial charge < -0.3 is 0 Å². The fourth-order valence-electron chi connectivity index (χ4n) is 1.78. The third kappa shape index (κ3) is 3.50. The lowest BCUT2D eigenvalue weighted by atomic mass is 10.1. The van der Waals surface area contributed by atoms with Crippen LogP contribution in [-0.2, 0) is 0 Å². The van der Waals surface area contributed by atoms with E-state index in [2.05, 4.69) is 15.0 Å². The highest BCUT2D eigenvalue weighted by Crippen LogP contribution is 2.28. The summed E-state index contributed by atoms with van der Waals surface area (Å²) >= 11 is 14.0. The maximum atomic E-state index is 12.1. The molecule has 0 saturated heterocycles. The van der Waals surface area contributed by atoms with Crippen LogP contribution in [0.5, 0.6) is 0 Å². The van der Waals surface area contributed by atoms with Gasteiger partial charge in [-0.25, -0.2) is 9.78 Å². The molecule has 2 aromatic heterocycles. The molecule has 3 aromatic rings. The van der Waals surface area contributed by atoms with Crippen molar-refractivity contribution >= 4 is 62.4 Å². The summed E-state index contributed by atoms with van der Waals surface area (Å²) < 4.78 is 0.829. The van der Waals surface area contributed by atoms with Crippen LogP contribution in [0, 0.1) is 0 Å². The van der Waals surface area contributed by atoms with Gasteiger partial charge in [0.1, 0.15) is 4.70 Å². The van der Waals surface area contributed by atoms with Gasteiger partial charge in [-0.1, -0.05) is 35.0 Å². The minimum Gasteiger partial charge on any atom is -0.293 e. The van der Waals surface area contributed by atoms with Crippen LogP contribution < -0.4 is 11.2 Å². The number of Topliss-reactive ketones (excluding diaryl/α,β-unsaturated/α-hetero) is 1. The highest BCUT2D eigenvalue weighted by molar-refractivity contribution is 8.01. The van der Waals surface area contributed by atoms with E-state index in [1.54, 1.807) is 12.1 Å². The number of ketones is 1. The molecule has 2 N–H and O–H groups in total. The Hall–Kier alpha value is -1.61. The van der Waals surface area contributed by atoms with E-state index < -0.39 is 11.2 Å². The minimum atomic E-state index is -0.615. The predicted octanol–water partition coefficient (Wildman–Crippen LogP) is 2.95. The average molecular weight is 388 g/mol. The number of nitrogens with zero attached hydrogens (tertiary/aromatic N) is 1. The third-order valence-electron chi connectivity index (χ3n) is 2.84. The number of aromatic nitrogens is 3. The standard InChI is InChI=1S/C13H7Cl2N3O3S2/c14-6-2-1-5(3-7(6)15)8(19)4-22-13-17-10-9(23-13)11(20)18-12(21)16-10/h1-3H,4H2,(H2,16,18,20,21). The first-order valence-corrected chi connectivity index (χ1v) is 8.74. The number of halogens is 2. The molecule has 0 unspecified atom stereocenters. The van der Waals surface area contributed by atoms with Gasteiger partial charge >= 0.3 is 5.69 Å². The lowest BCUT2D eigenvalue weighted by molar-refractivity contribution is 0.102. The summed E-state index contributed by atoms with van der Waals surface area (Å²) in [6.45, 7) is 0. The Morgan fingerprint density at radius 2 is 2.00 bits per heavy atom. The lowest BCUT2D eigenvalue weighted by Crippen LogP contribution is -2.20. The molecule has 118 valence electrons. The molecule has 3 rings (SSSR count). The second kappa shape index (κ2) is 6.48. The number of aromatic amines is 2. The number of carbonyl (C=O) groups excluding carboxylic acids is 1. The molecule has 0 spiro atoms. The molecule has 6 nitrogen and oxygen atoms in total. The number of thioether (sulfide) groups is 1. The molecular formula is C13H7Cl2N3O3S2. The molecule has 10 heteroatoms. The zero-order valence-corrected chi connectivity index (χ0v) is 14.3. The summed E-state index contributed by atoms with van der Waals surface area (Å²) in [4.78, 5) is 43.7. The number of thiazole rings is 1. The molecule has 0 bridgehead atoms. The fourth-order valence-corrected chi connectivity index (χ4v) is 3.97. The van der Waals surface area contributed by atoms with E-state index in [9.17, 15) is 14.4 Å². The number of H-pyrrole nitrogens is 2. The van der Waals surface area contributed by atoms with Crippen molar-refractivity contribution in [1.82, 2.24) is 15.0 Å². The molecule has 1 aromatic carbocycles. The molecular weight excluding hydrogens is 381 g/mol. The van der Waals surface area contributed by atoms with Crippen molar-refractivity contribution in [2.75, 3.05) is 5.75 Å². The van der Waals surface area contributed by atoms with Crippen LogP contribution >= 0.6 is 46.3 Å². The molecule has 0 atom stereocenters. The summed E-state index contributed by atoms with van der Waals surface area (Å²) in [6.07, 6.45) is 0. The van der Waals surface area contributed by atoms with E-state index in [1.807, 2.05) is 0 Å². The van der Waals surface area contributed by atoms with Gasteiger partial charge in [0.15, 0.2) is 15.8 Å². The zero-order valence-electron chi connectivity index (χ0n) is 11.2. The molecule has 0 aliphatic carbocycles. The Bertz CT molecular complexity index is 1030. The number of benzene rings is 1. The second-order valence-electron chi connectivity index (χ2n) is 4.41. The highest BCUT2D eigenvalue weighted by Gasteiger charge is 2.13. The summed E-state index contributed by atoms with van der Waals surface area (Å²) in [5.74, 6) is -0.0184. The SMILES string of the molecule is O=C(CSc1nc2[nH]c(=O)[nH]c(=O)c2s1)c1ccc(Cl)c(Cl)c1. The van der Waals surface area contributed by atoms with Gasteiger partial charge in [-0.15, -0.1) is 11.3 Å². The first-order valence-electron chi connectivity index (χ1n) is 6.18. The maximum absolute atomic E-state index is 12.1. The number of rotatable bonds is 4. The Kier molecular flexibility index (Phi) is 4.58. The van der Waals surface area contributed by atoms with Crippen LogP contribution in [0.2, 0.25) is 10.0 Å². The Balaban J connectivity index is 1.79. The molecule has 0 radical (unpaired) electrons. The van der Waals surface area contributed by atoms with Crippen LogP contribution in [-0.4, -0.2) is 26.5 Å². The number of nitrogens with one attached hydrogen (secondary N) is 2. The molecule has 0 saturated carbocycles. The second-order valence-corrected chi connectivity index (χ2v) is 7.44. The smallest absolute Gasteiger partial charge is 0.293 e. The minimum absolute atomic E-state index is 0.125. The van der Waals surface area contributed by atoms with Crippen LogP contribution in [0.4, 0.5) is 0 Å². The molecule has 0 aliphatic heterocycles. The number of fused-ring (bicyclic) bond motifs is 1. The van der Waals surface area contributed by atoms with E-state index in [0.717, 1.165) is 11.3 Å². The summed E-state index contributed by atoms with van der Waals surface area (Å²) in [5.41, 5.74) is -0.451. The van der Waals surface area contributed by atoms with Gasteiger partial charge in [0.05, 0.1) is 15.8 Å². The quantitative estimate of drug-likeness (QED) is 0.529. The zero-order chi connectivity index (χ0) is 16.6. The van der Waals surface area contributed by atoms with E-state index in [1.165, 1.54) is 17.8 Å². The summed E-state index contributed by atoms with van der Waals surface area (Å²) in [5, 5.41) is 0.692. The molecule has 0 fully saturated rings. The van der Waals surface area contributed by atoms with Crippen molar-refractivity contribution in [1.29, 1.82) is 0 Å². The molecule has 0 amide bonds. The van der Waals surface area contributed by atoms with Crippen LogP contribution in [0.15, 0.2) is 32.1 Å². The summed E-state index contributed by atoms with van der Waals surface area (Å²) in [6, 6.07) is 4.66. The third-order valence-corrected chi connectivity index (χ3v) is 5.78. The van der Waals surface area contributed by atoms with Crippen LogP contribution in [0.1, 0.15) is 10.4 Å². The number of hydrogen-bond donors (Lipinski definition) is 2. The van der Waals surface area contributed by atoms with E-state index in [4.69, 9.17) is 23.2 Å². The first kappa shape index (κ1) is 16.3. The van der Waals surface area contributed by atoms with Crippen molar-refractivity contribution in [3.63, 3.8) is 0 Å². The predicted molar refractivity (Wildman–Crippen MR) is 92.4 cm³/mol. The summed E-state index contributed by atoms with van der Waals surface area (Å²) in [7, 11) is 0. The monoisotopic (exact) mass is 387 g/mol. The van der Waals surface area contributed by atoms with Crippen LogP contribution in [0.25, 0.3) is 10.3 Å². The molecule has 2 heterocycles. The highest BCUT2D eigenvalue weighted by atomic mass is 35.5. The average Bonchev–Trinajstić information content (AvgIpc) is 2.91. The van der Waals surface area contributed by atoms with Crippen molar-refractivity contribution in [2.45, 2.75) is 4.34 Å². The lowest BCUT2D eigenvalue weighted by Gasteiger charge is -2.01. The fraction of sp³-hybridized carbons (Fsp3) is 0.0769. The van der Waals surface area contributed by atoms with Crippen molar-refractivity contribution < 1.29 is 4.79 Å². The Morgan fingerprint density at radius 1 is 1.22 bits per heavy atom. The Labute approximate surface area is 146 Å². The van der Waals surface area contributed by atoms with Crippen molar-refractivity contribution in [3.8, 4) is 0 Å². The number of hydrogen-bond acceptors (Lipinski definition) is 6. The van der Waals surface area contributed by atoms with Crippen molar-refractivity contribution in [2.24, 2.45) is 0 Å². The van der Waals surface area contributed by atoms with Gasteiger partial charge in [0.2, 0.25) is 0 Å². The number of carbonyl (C=O) groups is 1. The van der Waals surface area contributed by atoms with E-state index in [0.29, 0.717) is 24.6 Å². The first-order chi connectivity index (χ1) is 10.9. The normalized spacial score (nSPS) is 11.0. The van der Waals surface area contributed by atoms with E-state index >= 15 is 0 Å². The van der Waals surface area contributed by atoms with Gasteiger partial charge in [-0.05, 0) is 18.2 Å².